The van der Waals surface area contributed by atoms with Crippen LogP contribution in [-0.4, -0.2) is 13.6 Å². The fraction of sp³-hybridized carbons (Fsp3) is 0.250. The zero-order valence-electron chi connectivity index (χ0n) is 10.8. The largest absolute Gasteiger partial charge is 0.361 e. The Balaban J connectivity index is 2.21. The summed E-state index contributed by atoms with van der Waals surface area (Å²) in [5, 5.41) is 4.23. The van der Waals surface area contributed by atoms with E-state index < -0.39 is 10.0 Å². The molecule has 0 radical (unpaired) electrons. The lowest BCUT2D eigenvalue weighted by Crippen LogP contribution is -2.23. The van der Waals surface area contributed by atoms with Gasteiger partial charge in [-0.2, -0.15) is 0 Å². The molecule has 1 aromatic heterocycles. The van der Waals surface area contributed by atoms with Gasteiger partial charge in [0.05, 0.1) is 15.6 Å². The van der Waals surface area contributed by atoms with Gasteiger partial charge in [-0.3, -0.25) is 0 Å². The summed E-state index contributed by atoms with van der Waals surface area (Å²) < 4.78 is 32.4. The molecular weight excluding hydrogens is 368 g/mol. The number of benzene rings is 1. The number of nitrogens with zero attached hydrogens (tertiary/aromatic N) is 1. The molecule has 0 saturated carbocycles. The summed E-state index contributed by atoms with van der Waals surface area (Å²) in [5.74, 6) is 0.600. The second-order valence-corrected chi connectivity index (χ2v) is 7.23. The van der Waals surface area contributed by atoms with Crippen molar-refractivity contribution in [2.75, 3.05) is 0 Å². The second kappa shape index (κ2) is 5.85. The second-order valence-electron chi connectivity index (χ2n) is 4.20. The van der Waals surface area contributed by atoms with Crippen molar-refractivity contribution in [2.24, 2.45) is 0 Å². The minimum atomic E-state index is -3.62. The predicted molar refractivity (Wildman–Crippen MR) is 79.2 cm³/mol. The SMILES string of the molecule is Cc1noc(C)c1CNS(=O)(=O)c1ccc(Cl)c(Br)c1. The number of hydrogen-bond donors (Lipinski definition) is 1. The minimum Gasteiger partial charge on any atom is -0.361 e. The Labute approximate surface area is 130 Å². The molecule has 0 atom stereocenters. The van der Waals surface area contributed by atoms with Crippen LogP contribution >= 0.6 is 27.5 Å². The number of aromatic nitrogens is 1. The molecule has 0 spiro atoms. The van der Waals surface area contributed by atoms with Crippen LogP contribution in [-0.2, 0) is 16.6 Å². The highest BCUT2D eigenvalue weighted by atomic mass is 79.9. The summed E-state index contributed by atoms with van der Waals surface area (Å²) in [6, 6.07) is 4.43. The molecule has 1 N–H and O–H groups in total. The Hall–Kier alpha value is -0.890. The number of hydrogen-bond acceptors (Lipinski definition) is 4. The molecule has 2 aromatic rings. The molecule has 0 unspecified atom stereocenters. The van der Waals surface area contributed by atoms with E-state index in [0.29, 0.717) is 20.9 Å². The molecule has 8 heteroatoms. The van der Waals surface area contributed by atoms with Crippen molar-refractivity contribution < 1.29 is 12.9 Å². The van der Waals surface area contributed by atoms with Gasteiger partial charge in [0, 0.05) is 16.6 Å². The van der Waals surface area contributed by atoms with E-state index in [1.54, 1.807) is 13.8 Å². The van der Waals surface area contributed by atoms with Gasteiger partial charge in [0.15, 0.2) is 0 Å². The third kappa shape index (κ3) is 3.22. The maximum absolute atomic E-state index is 12.2. The summed E-state index contributed by atoms with van der Waals surface area (Å²) in [7, 11) is -3.62. The Morgan fingerprint density at radius 3 is 2.65 bits per heavy atom. The van der Waals surface area contributed by atoms with Crippen molar-refractivity contribution >= 4 is 37.6 Å². The predicted octanol–water partition coefficient (Wildman–Crippen LogP) is 3.19. The zero-order chi connectivity index (χ0) is 14.9. The lowest BCUT2D eigenvalue weighted by atomic mass is 10.2. The van der Waals surface area contributed by atoms with Crippen molar-refractivity contribution in [1.29, 1.82) is 0 Å². The topological polar surface area (TPSA) is 72.2 Å². The van der Waals surface area contributed by atoms with E-state index in [9.17, 15) is 8.42 Å². The number of nitrogens with one attached hydrogen (secondary N) is 1. The van der Waals surface area contributed by atoms with Gasteiger partial charge < -0.3 is 4.52 Å². The van der Waals surface area contributed by atoms with Gasteiger partial charge in [0.25, 0.3) is 0 Å². The first-order valence-corrected chi connectivity index (χ1v) is 8.33. The molecule has 0 aliphatic carbocycles. The molecule has 0 aliphatic heterocycles. The van der Waals surface area contributed by atoms with Crippen LogP contribution in [0.3, 0.4) is 0 Å². The highest BCUT2D eigenvalue weighted by Gasteiger charge is 2.17. The van der Waals surface area contributed by atoms with Crippen molar-refractivity contribution in [1.82, 2.24) is 9.88 Å². The van der Waals surface area contributed by atoms with Crippen LogP contribution in [0, 0.1) is 13.8 Å². The summed E-state index contributed by atoms with van der Waals surface area (Å²) in [6.45, 7) is 3.63. The van der Waals surface area contributed by atoms with Gasteiger partial charge in [-0.25, -0.2) is 13.1 Å². The molecule has 0 saturated heterocycles. The molecule has 2 rings (SSSR count). The van der Waals surface area contributed by atoms with Crippen LogP contribution in [0.4, 0.5) is 0 Å². The van der Waals surface area contributed by atoms with Crippen LogP contribution in [0.25, 0.3) is 0 Å². The van der Waals surface area contributed by atoms with Gasteiger partial charge in [-0.1, -0.05) is 16.8 Å². The zero-order valence-corrected chi connectivity index (χ0v) is 13.9. The van der Waals surface area contributed by atoms with Crippen LogP contribution in [0.15, 0.2) is 32.1 Å². The van der Waals surface area contributed by atoms with Crippen LogP contribution in [0.1, 0.15) is 17.0 Å². The molecule has 1 heterocycles. The van der Waals surface area contributed by atoms with Gasteiger partial charge >= 0.3 is 0 Å². The lowest BCUT2D eigenvalue weighted by Gasteiger charge is -2.07. The standard InChI is InChI=1S/C12H12BrClN2O3S/c1-7-10(8(2)19-16-7)6-15-20(17,18)9-3-4-12(14)11(13)5-9/h3-5,15H,6H2,1-2H3. The van der Waals surface area contributed by atoms with E-state index in [0.717, 1.165) is 5.56 Å². The Morgan fingerprint density at radius 2 is 2.10 bits per heavy atom. The molecular formula is C12H12BrClN2O3S. The van der Waals surface area contributed by atoms with Crippen molar-refractivity contribution in [3.63, 3.8) is 0 Å². The number of rotatable bonds is 4. The quantitative estimate of drug-likeness (QED) is 0.885. The fourth-order valence-electron chi connectivity index (χ4n) is 1.65. The molecule has 0 fully saturated rings. The van der Waals surface area contributed by atoms with Crippen LogP contribution in [0.2, 0.25) is 5.02 Å². The van der Waals surface area contributed by atoms with Crippen LogP contribution in [0.5, 0.6) is 0 Å². The van der Waals surface area contributed by atoms with Crippen molar-refractivity contribution in [3.05, 3.63) is 44.7 Å². The van der Waals surface area contributed by atoms with Crippen molar-refractivity contribution in [2.45, 2.75) is 25.3 Å². The molecule has 108 valence electrons. The van der Waals surface area contributed by atoms with E-state index >= 15 is 0 Å². The first kappa shape index (κ1) is 15.5. The first-order valence-electron chi connectivity index (χ1n) is 5.67. The van der Waals surface area contributed by atoms with Gasteiger partial charge in [0.1, 0.15) is 5.76 Å². The Bertz CT molecular complexity index is 724. The number of aryl methyl sites for hydroxylation is 2. The summed E-state index contributed by atoms with van der Waals surface area (Å²) in [6.07, 6.45) is 0. The molecule has 5 nitrogen and oxygen atoms in total. The van der Waals surface area contributed by atoms with E-state index in [4.69, 9.17) is 16.1 Å². The monoisotopic (exact) mass is 378 g/mol. The summed E-state index contributed by atoms with van der Waals surface area (Å²) in [5.41, 5.74) is 1.41. The van der Waals surface area contributed by atoms with E-state index in [1.807, 2.05) is 0 Å². The molecule has 0 bridgehead atoms. The third-order valence-electron chi connectivity index (χ3n) is 2.82. The van der Waals surface area contributed by atoms with Gasteiger partial charge in [0.2, 0.25) is 10.0 Å². The average molecular weight is 380 g/mol. The normalized spacial score (nSPS) is 11.8. The summed E-state index contributed by atoms with van der Waals surface area (Å²) in [4.78, 5) is 0.139. The highest BCUT2D eigenvalue weighted by molar-refractivity contribution is 9.10. The minimum absolute atomic E-state index is 0.129. The maximum Gasteiger partial charge on any atom is 0.240 e. The van der Waals surface area contributed by atoms with Gasteiger partial charge in [-0.15, -0.1) is 0 Å². The fourth-order valence-corrected chi connectivity index (χ4v) is 3.32. The third-order valence-corrected chi connectivity index (χ3v) is 5.43. The lowest BCUT2D eigenvalue weighted by molar-refractivity contribution is 0.392. The molecule has 1 aromatic carbocycles. The Morgan fingerprint density at radius 1 is 1.40 bits per heavy atom. The first-order chi connectivity index (χ1) is 9.31. The Kier molecular flexibility index (Phi) is 4.53. The number of halogens is 2. The molecule has 20 heavy (non-hydrogen) atoms. The highest BCUT2D eigenvalue weighted by Crippen LogP contribution is 2.25. The molecule has 0 amide bonds. The molecule has 0 aliphatic rings. The average Bonchev–Trinajstić information content (AvgIpc) is 2.70. The van der Waals surface area contributed by atoms with E-state index in [2.05, 4.69) is 25.8 Å². The summed E-state index contributed by atoms with van der Waals surface area (Å²) >= 11 is 9.05. The smallest absolute Gasteiger partial charge is 0.240 e. The number of sulfonamides is 1. The van der Waals surface area contributed by atoms with Gasteiger partial charge in [-0.05, 0) is 48.0 Å². The van der Waals surface area contributed by atoms with E-state index in [1.165, 1.54) is 18.2 Å². The van der Waals surface area contributed by atoms with Crippen molar-refractivity contribution in [3.8, 4) is 0 Å². The van der Waals surface area contributed by atoms with Crippen LogP contribution < -0.4 is 4.72 Å². The van der Waals surface area contributed by atoms with E-state index in [-0.39, 0.29) is 11.4 Å². The maximum atomic E-state index is 12.2.